The monoisotopic (exact) mass is 334 g/mol. The maximum Gasteiger partial charge on any atom is 0.106 e. The fraction of sp³-hybridized carbons (Fsp3) is 0.348. The van der Waals surface area contributed by atoms with Gasteiger partial charge in [0.25, 0.3) is 0 Å². The van der Waals surface area contributed by atoms with E-state index in [9.17, 15) is 0 Å². The molecule has 0 saturated heterocycles. The number of allylic oxidation sites excluding steroid dienone is 3. The number of rotatable bonds is 3. The third-order valence-electron chi connectivity index (χ3n) is 4.92. The first-order chi connectivity index (χ1) is 11.7. The van der Waals surface area contributed by atoms with Crippen molar-refractivity contribution in [3.8, 4) is 0 Å². The minimum absolute atomic E-state index is 0.779. The van der Waals surface area contributed by atoms with Crippen molar-refractivity contribution < 1.29 is 0 Å². The maximum atomic E-state index is 4.91. The van der Waals surface area contributed by atoms with Crippen LogP contribution in [0.1, 0.15) is 52.2 Å². The van der Waals surface area contributed by atoms with Gasteiger partial charge in [0.05, 0.1) is 5.69 Å². The van der Waals surface area contributed by atoms with Crippen LogP contribution in [0, 0.1) is 6.92 Å². The van der Waals surface area contributed by atoms with Crippen molar-refractivity contribution in [3.05, 3.63) is 71.0 Å². The molecule has 0 aliphatic carbocycles. The van der Waals surface area contributed by atoms with Crippen molar-refractivity contribution in [1.29, 1.82) is 0 Å². The molecule has 1 aliphatic heterocycles. The van der Waals surface area contributed by atoms with Crippen LogP contribution in [-0.2, 0) is 0 Å². The highest BCUT2D eigenvalue weighted by molar-refractivity contribution is 5.85. The molecule has 1 heterocycles. The molecule has 0 aromatic heterocycles. The first-order valence-corrected chi connectivity index (χ1v) is 8.89. The highest BCUT2D eigenvalue weighted by Crippen LogP contribution is 2.28. The Morgan fingerprint density at radius 1 is 1.20 bits per heavy atom. The number of hydrogen-bond acceptors (Lipinski definition) is 1. The third kappa shape index (κ3) is 4.19. The zero-order chi connectivity index (χ0) is 18.7. The van der Waals surface area contributed by atoms with Crippen LogP contribution in [0.3, 0.4) is 0 Å². The van der Waals surface area contributed by atoms with Gasteiger partial charge in [-0.2, -0.15) is 0 Å². The molecular weight excluding hydrogens is 304 g/mol. The lowest BCUT2D eigenvalue weighted by Gasteiger charge is -2.21. The fourth-order valence-corrected chi connectivity index (χ4v) is 3.18. The lowest BCUT2D eigenvalue weighted by atomic mass is 9.97. The van der Waals surface area contributed by atoms with Gasteiger partial charge in [-0.3, -0.25) is 0 Å². The van der Waals surface area contributed by atoms with E-state index in [2.05, 4.69) is 77.1 Å². The lowest BCUT2D eigenvalue weighted by molar-refractivity contribution is 0.604. The Bertz CT molecular complexity index is 803. The van der Waals surface area contributed by atoms with Crippen molar-refractivity contribution in [3.63, 3.8) is 0 Å². The van der Waals surface area contributed by atoms with Crippen molar-refractivity contribution >= 4 is 17.1 Å². The Labute approximate surface area is 153 Å². The molecule has 2 nitrogen and oxygen atoms in total. The van der Waals surface area contributed by atoms with E-state index in [0.717, 1.165) is 41.2 Å². The maximum absolute atomic E-state index is 4.91. The molecule has 0 radical (unpaired) electrons. The van der Waals surface area contributed by atoms with Gasteiger partial charge in [-0.25, -0.2) is 4.99 Å². The SMILES string of the molecule is C=C1CN(/C(C)=N/c2cc(C(=C)C)ccc2C)C=C(C)C(CC)=C1C. The molecule has 132 valence electrons. The standard InChI is InChI=1S/C23H30N2/c1-9-22-18(6)14-25(13-17(5)19(22)7)20(8)24-23-12-21(15(2)3)11-10-16(23)4/h10-12,14H,2,5,9,13H2,1,3-4,6-8H3/b24-20+. The first-order valence-electron chi connectivity index (χ1n) is 8.89. The summed E-state index contributed by atoms with van der Waals surface area (Å²) in [4.78, 5) is 7.11. The molecule has 0 fully saturated rings. The van der Waals surface area contributed by atoms with Crippen LogP contribution in [0.2, 0.25) is 0 Å². The molecule has 1 aromatic carbocycles. The van der Waals surface area contributed by atoms with Crippen molar-refractivity contribution in [1.82, 2.24) is 4.90 Å². The minimum atomic E-state index is 0.779. The normalized spacial score (nSPS) is 16.1. The number of aryl methyl sites for hydroxylation is 1. The minimum Gasteiger partial charge on any atom is -0.332 e. The molecule has 0 saturated carbocycles. The van der Waals surface area contributed by atoms with E-state index < -0.39 is 0 Å². The van der Waals surface area contributed by atoms with E-state index in [1.807, 2.05) is 6.92 Å². The lowest BCUT2D eigenvalue weighted by Crippen LogP contribution is -2.25. The predicted molar refractivity (Wildman–Crippen MR) is 111 cm³/mol. The summed E-state index contributed by atoms with van der Waals surface area (Å²) in [6.45, 7) is 21.8. The van der Waals surface area contributed by atoms with E-state index in [0.29, 0.717) is 0 Å². The number of benzene rings is 1. The van der Waals surface area contributed by atoms with Crippen LogP contribution >= 0.6 is 0 Å². The molecule has 25 heavy (non-hydrogen) atoms. The van der Waals surface area contributed by atoms with Crippen LogP contribution in [0.25, 0.3) is 5.57 Å². The second-order valence-electron chi connectivity index (χ2n) is 6.94. The van der Waals surface area contributed by atoms with E-state index in [1.165, 1.54) is 22.3 Å². The molecule has 1 aromatic rings. The number of aliphatic imine (C=N–C) groups is 1. The van der Waals surface area contributed by atoms with Crippen LogP contribution in [-0.4, -0.2) is 17.3 Å². The average Bonchev–Trinajstić information content (AvgIpc) is 2.66. The summed E-state index contributed by atoms with van der Waals surface area (Å²) >= 11 is 0. The van der Waals surface area contributed by atoms with Gasteiger partial charge in [0, 0.05) is 12.7 Å². The predicted octanol–water partition coefficient (Wildman–Crippen LogP) is 6.58. The largest absolute Gasteiger partial charge is 0.332 e. The second-order valence-corrected chi connectivity index (χ2v) is 6.94. The Hall–Kier alpha value is -2.35. The molecular formula is C23H30N2. The van der Waals surface area contributed by atoms with Crippen molar-refractivity contribution in [2.75, 3.05) is 6.54 Å². The molecule has 2 heteroatoms. The van der Waals surface area contributed by atoms with Crippen LogP contribution < -0.4 is 0 Å². The zero-order valence-corrected chi connectivity index (χ0v) is 16.5. The van der Waals surface area contributed by atoms with Gasteiger partial charge in [0.1, 0.15) is 5.84 Å². The molecule has 0 amide bonds. The molecule has 0 bridgehead atoms. The number of hydrogen-bond donors (Lipinski definition) is 0. The summed E-state index contributed by atoms with van der Waals surface area (Å²) in [6, 6.07) is 6.33. The molecule has 2 rings (SSSR count). The molecule has 0 spiro atoms. The Balaban J connectivity index is 2.41. The smallest absolute Gasteiger partial charge is 0.106 e. The Morgan fingerprint density at radius 3 is 2.48 bits per heavy atom. The quantitative estimate of drug-likeness (QED) is 0.450. The number of amidine groups is 1. The van der Waals surface area contributed by atoms with Gasteiger partial charge in [0.15, 0.2) is 0 Å². The van der Waals surface area contributed by atoms with Gasteiger partial charge in [0.2, 0.25) is 0 Å². The second kappa shape index (κ2) is 7.69. The van der Waals surface area contributed by atoms with Crippen LogP contribution in [0.15, 0.2) is 64.8 Å². The summed E-state index contributed by atoms with van der Waals surface area (Å²) < 4.78 is 0. The Kier molecular flexibility index (Phi) is 5.84. The van der Waals surface area contributed by atoms with Crippen LogP contribution in [0.4, 0.5) is 5.69 Å². The van der Waals surface area contributed by atoms with Crippen molar-refractivity contribution in [2.24, 2.45) is 4.99 Å². The van der Waals surface area contributed by atoms with E-state index >= 15 is 0 Å². The number of nitrogens with zero attached hydrogens (tertiary/aromatic N) is 2. The van der Waals surface area contributed by atoms with E-state index in [4.69, 9.17) is 4.99 Å². The van der Waals surface area contributed by atoms with Gasteiger partial charge >= 0.3 is 0 Å². The van der Waals surface area contributed by atoms with E-state index in [-0.39, 0.29) is 0 Å². The molecule has 1 aliphatic rings. The fourth-order valence-electron chi connectivity index (χ4n) is 3.18. The van der Waals surface area contributed by atoms with Crippen molar-refractivity contribution in [2.45, 2.75) is 48.0 Å². The first kappa shape index (κ1) is 19.0. The summed E-state index contributed by atoms with van der Waals surface area (Å²) in [5, 5.41) is 0. The molecule has 0 atom stereocenters. The average molecular weight is 335 g/mol. The summed E-state index contributed by atoms with van der Waals surface area (Å²) in [5.41, 5.74) is 9.51. The Morgan fingerprint density at radius 2 is 1.88 bits per heavy atom. The molecule has 0 N–H and O–H groups in total. The highest BCUT2D eigenvalue weighted by Gasteiger charge is 2.16. The summed E-state index contributed by atoms with van der Waals surface area (Å²) in [7, 11) is 0. The van der Waals surface area contributed by atoms with E-state index in [1.54, 1.807) is 0 Å². The third-order valence-corrected chi connectivity index (χ3v) is 4.92. The van der Waals surface area contributed by atoms with Gasteiger partial charge in [-0.1, -0.05) is 37.8 Å². The summed E-state index contributed by atoms with van der Waals surface area (Å²) in [6.07, 6.45) is 3.23. The topological polar surface area (TPSA) is 15.6 Å². The summed E-state index contributed by atoms with van der Waals surface area (Å²) in [5.74, 6) is 0.979. The van der Waals surface area contributed by atoms with Gasteiger partial charge < -0.3 is 4.90 Å². The van der Waals surface area contributed by atoms with Gasteiger partial charge in [-0.05, 0) is 80.5 Å². The van der Waals surface area contributed by atoms with Gasteiger partial charge in [-0.15, -0.1) is 0 Å². The highest BCUT2D eigenvalue weighted by atomic mass is 15.2. The van der Waals surface area contributed by atoms with Crippen LogP contribution in [0.5, 0.6) is 0 Å². The zero-order valence-electron chi connectivity index (χ0n) is 16.5. The molecule has 0 unspecified atom stereocenters.